The zero-order valence-electron chi connectivity index (χ0n) is 12.2. The molecule has 0 spiro atoms. The molecule has 0 amide bonds. The fourth-order valence-electron chi connectivity index (χ4n) is 2.13. The molecule has 2 unspecified atom stereocenters. The first-order chi connectivity index (χ1) is 9.92. The second-order valence-electron chi connectivity index (χ2n) is 4.84. The van der Waals surface area contributed by atoms with Crippen LogP contribution in [0.15, 0.2) is 22.6 Å². The highest BCUT2D eigenvalue weighted by molar-refractivity contribution is 7.84. The molecule has 1 aromatic heterocycles. The van der Waals surface area contributed by atoms with Crippen molar-refractivity contribution < 1.29 is 17.4 Å². The first-order valence-electron chi connectivity index (χ1n) is 6.67. The zero-order valence-corrected chi connectivity index (χ0v) is 13.0. The number of nitrogens with zero attached hydrogens (tertiary/aromatic N) is 1. The van der Waals surface area contributed by atoms with E-state index in [-0.39, 0.29) is 11.3 Å². The fourth-order valence-corrected chi connectivity index (χ4v) is 3.55. The minimum atomic E-state index is -1.39. The average molecular weight is 313 g/mol. The largest absolute Gasteiger partial charge is 0.445 e. The summed E-state index contributed by atoms with van der Waals surface area (Å²) in [6.45, 7) is 5.41. The molecule has 3 nitrogen and oxygen atoms in total. The van der Waals surface area contributed by atoms with E-state index >= 15 is 0 Å². The van der Waals surface area contributed by atoms with E-state index in [0.717, 1.165) is 11.8 Å². The van der Waals surface area contributed by atoms with Crippen molar-refractivity contribution in [2.45, 2.75) is 38.2 Å². The van der Waals surface area contributed by atoms with E-state index in [1.807, 2.05) is 13.8 Å². The molecular weight excluding hydrogens is 296 g/mol. The Labute approximate surface area is 124 Å². The molecule has 1 aromatic carbocycles. The van der Waals surface area contributed by atoms with Gasteiger partial charge in [-0.3, -0.25) is 4.21 Å². The van der Waals surface area contributed by atoms with Gasteiger partial charge in [0, 0.05) is 22.4 Å². The molecule has 114 valence electrons. The number of aryl methyl sites for hydroxylation is 2. The summed E-state index contributed by atoms with van der Waals surface area (Å²) in [6, 6.07) is 3.34. The van der Waals surface area contributed by atoms with Gasteiger partial charge in [-0.25, -0.2) is 13.8 Å². The molecule has 2 aromatic rings. The van der Waals surface area contributed by atoms with E-state index in [2.05, 4.69) is 4.98 Å². The fraction of sp³-hybridized carbons (Fsp3) is 0.400. The summed E-state index contributed by atoms with van der Waals surface area (Å²) >= 11 is 0. The van der Waals surface area contributed by atoms with Gasteiger partial charge in [-0.1, -0.05) is 13.0 Å². The van der Waals surface area contributed by atoms with Crippen LogP contribution in [0.5, 0.6) is 0 Å². The lowest BCUT2D eigenvalue weighted by Gasteiger charge is -2.15. The minimum absolute atomic E-state index is 0.115. The molecule has 0 N–H and O–H groups in total. The third-order valence-corrected chi connectivity index (χ3v) is 5.09. The maximum atomic E-state index is 13.8. The van der Waals surface area contributed by atoms with E-state index in [9.17, 15) is 13.0 Å². The summed E-state index contributed by atoms with van der Waals surface area (Å²) in [6.07, 6.45) is 0.480. The van der Waals surface area contributed by atoms with E-state index in [4.69, 9.17) is 4.42 Å². The van der Waals surface area contributed by atoms with Crippen LogP contribution in [0.3, 0.4) is 0 Å². The molecule has 0 bridgehead atoms. The zero-order chi connectivity index (χ0) is 15.6. The van der Waals surface area contributed by atoms with E-state index in [1.165, 1.54) is 12.1 Å². The van der Waals surface area contributed by atoms with Crippen molar-refractivity contribution in [3.05, 3.63) is 52.7 Å². The van der Waals surface area contributed by atoms with Gasteiger partial charge in [0.05, 0.1) is 10.9 Å². The molecule has 1 heterocycles. The summed E-state index contributed by atoms with van der Waals surface area (Å²) in [5, 5.41) is -0.516. The Bertz CT molecular complexity index is 650. The van der Waals surface area contributed by atoms with Gasteiger partial charge in [-0.05, 0) is 26.3 Å². The van der Waals surface area contributed by atoms with Gasteiger partial charge in [-0.15, -0.1) is 0 Å². The summed E-state index contributed by atoms with van der Waals surface area (Å²) < 4.78 is 44.7. The molecule has 21 heavy (non-hydrogen) atoms. The van der Waals surface area contributed by atoms with Gasteiger partial charge >= 0.3 is 0 Å². The van der Waals surface area contributed by atoms with Crippen LogP contribution in [0.1, 0.15) is 41.5 Å². The van der Waals surface area contributed by atoms with Gasteiger partial charge in [0.1, 0.15) is 23.1 Å². The molecule has 0 aliphatic heterocycles. The van der Waals surface area contributed by atoms with E-state index < -0.39 is 27.7 Å². The topological polar surface area (TPSA) is 43.1 Å². The molecule has 0 saturated heterocycles. The van der Waals surface area contributed by atoms with Crippen LogP contribution < -0.4 is 0 Å². The van der Waals surface area contributed by atoms with Crippen molar-refractivity contribution in [1.82, 2.24) is 4.98 Å². The molecule has 0 radical (unpaired) electrons. The molecule has 2 rings (SSSR count). The SMILES string of the molecule is CCC(c1ccc(F)cc1F)S(=O)Cc1nc(C)c(C)o1. The van der Waals surface area contributed by atoms with Gasteiger partial charge in [0.2, 0.25) is 5.89 Å². The lowest BCUT2D eigenvalue weighted by atomic mass is 10.1. The Morgan fingerprint density at radius 3 is 2.57 bits per heavy atom. The predicted octanol–water partition coefficient (Wildman–Crippen LogP) is 3.97. The molecule has 2 atom stereocenters. The van der Waals surface area contributed by atoms with Crippen LogP contribution in [0.4, 0.5) is 8.78 Å². The number of oxazole rings is 1. The monoisotopic (exact) mass is 313 g/mol. The summed E-state index contributed by atoms with van der Waals surface area (Å²) in [5.74, 6) is -0.137. The van der Waals surface area contributed by atoms with Crippen LogP contribution >= 0.6 is 0 Å². The number of hydrogen-bond acceptors (Lipinski definition) is 3. The predicted molar refractivity (Wildman–Crippen MR) is 77.2 cm³/mol. The number of aromatic nitrogens is 1. The quantitative estimate of drug-likeness (QED) is 0.839. The molecule has 0 aliphatic carbocycles. The lowest BCUT2D eigenvalue weighted by Crippen LogP contribution is -2.10. The second kappa shape index (κ2) is 6.47. The number of halogens is 2. The number of rotatable bonds is 5. The van der Waals surface area contributed by atoms with Crippen molar-refractivity contribution in [3.63, 3.8) is 0 Å². The Hall–Kier alpha value is -1.56. The highest BCUT2D eigenvalue weighted by atomic mass is 32.2. The molecule has 6 heteroatoms. The van der Waals surface area contributed by atoms with Crippen LogP contribution in [0.25, 0.3) is 0 Å². The second-order valence-corrected chi connectivity index (χ2v) is 6.46. The molecule has 0 aliphatic rings. The first kappa shape index (κ1) is 15.8. The van der Waals surface area contributed by atoms with Gasteiger partial charge in [-0.2, -0.15) is 0 Å². The van der Waals surface area contributed by atoms with Crippen LogP contribution in [-0.2, 0) is 16.6 Å². The van der Waals surface area contributed by atoms with Crippen molar-refractivity contribution in [1.29, 1.82) is 0 Å². The van der Waals surface area contributed by atoms with Crippen molar-refractivity contribution in [3.8, 4) is 0 Å². The summed E-state index contributed by atoms with van der Waals surface area (Å²) in [7, 11) is -1.39. The highest BCUT2D eigenvalue weighted by Gasteiger charge is 2.23. The summed E-state index contributed by atoms with van der Waals surface area (Å²) in [5.41, 5.74) is 1.01. The maximum Gasteiger partial charge on any atom is 0.207 e. The average Bonchev–Trinajstić information content (AvgIpc) is 2.71. The minimum Gasteiger partial charge on any atom is -0.445 e. The van der Waals surface area contributed by atoms with E-state index in [1.54, 1.807) is 6.92 Å². The third kappa shape index (κ3) is 3.56. The van der Waals surface area contributed by atoms with Crippen molar-refractivity contribution >= 4 is 10.8 Å². The Morgan fingerprint density at radius 2 is 2.05 bits per heavy atom. The van der Waals surface area contributed by atoms with Crippen molar-refractivity contribution in [2.24, 2.45) is 0 Å². The van der Waals surface area contributed by atoms with Crippen LogP contribution in [0, 0.1) is 25.5 Å². The Balaban J connectivity index is 2.22. The first-order valence-corrected chi connectivity index (χ1v) is 8.05. The standard InChI is InChI=1S/C15H17F2NO2S/c1-4-14(12-6-5-11(16)7-13(12)17)21(19)8-15-18-9(2)10(3)20-15/h5-7,14H,4,8H2,1-3H3. The normalized spacial score (nSPS) is 14.1. The number of hydrogen-bond donors (Lipinski definition) is 0. The van der Waals surface area contributed by atoms with Crippen molar-refractivity contribution in [2.75, 3.05) is 0 Å². The third-order valence-electron chi connectivity index (χ3n) is 3.34. The van der Waals surface area contributed by atoms with Gasteiger partial charge < -0.3 is 4.42 Å². The van der Waals surface area contributed by atoms with E-state index in [0.29, 0.717) is 18.1 Å². The smallest absolute Gasteiger partial charge is 0.207 e. The lowest BCUT2D eigenvalue weighted by molar-refractivity contribution is 0.487. The summed E-state index contributed by atoms with van der Waals surface area (Å²) in [4.78, 5) is 4.18. The molecular formula is C15H17F2NO2S. The molecule has 0 saturated carbocycles. The Morgan fingerprint density at radius 1 is 1.33 bits per heavy atom. The maximum absolute atomic E-state index is 13.8. The van der Waals surface area contributed by atoms with Gasteiger partial charge in [0.25, 0.3) is 0 Å². The highest BCUT2D eigenvalue weighted by Crippen LogP contribution is 2.28. The number of benzene rings is 1. The molecule has 0 fully saturated rings. The van der Waals surface area contributed by atoms with Crippen LogP contribution in [0.2, 0.25) is 0 Å². The van der Waals surface area contributed by atoms with Crippen LogP contribution in [-0.4, -0.2) is 9.19 Å². The Kier molecular flexibility index (Phi) is 4.88. The van der Waals surface area contributed by atoms with Gasteiger partial charge in [0.15, 0.2) is 0 Å².